The number of hydrazine groups is 1. The van der Waals surface area contributed by atoms with Crippen LogP contribution in [-0.4, -0.2) is 10.3 Å². The molecule has 0 bridgehead atoms. The molecule has 0 aliphatic carbocycles. The molecule has 1 aromatic rings. The summed E-state index contributed by atoms with van der Waals surface area (Å²) >= 11 is 0. The van der Waals surface area contributed by atoms with Gasteiger partial charge in [0.1, 0.15) is 12.1 Å². The Morgan fingerprint density at radius 1 is 1.38 bits per heavy atom. The van der Waals surface area contributed by atoms with Gasteiger partial charge in [0.25, 0.3) is 5.09 Å². The number of anilines is 1. The van der Waals surface area contributed by atoms with E-state index in [1.54, 1.807) is 18.2 Å². The molecule has 0 aliphatic heterocycles. The summed E-state index contributed by atoms with van der Waals surface area (Å²) in [7, 11) is 0. The first-order chi connectivity index (χ1) is 7.56. The molecular weight excluding hydrogens is 214 g/mol. The van der Waals surface area contributed by atoms with Crippen LogP contribution in [0.1, 0.15) is 11.1 Å². The SMILES string of the molecule is N#Cc1cccc(C#N)c1NN.O=[N+]([O-])O. The number of nitrogens with one attached hydrogen (secondary N) is 1. The minimum atomic E-state index is -1.50. The lowest BCUT2D eigenvalue weighted by atomic mass is 10.1. The predicted molar refractivity (Wildman–Crippen MR) is 52.5 cm³/mol. The van der Waals surface area contributed by atoms with Crippen molar-refractivity contribution in [3.8, 4) is 12.1 Å². The van der Waals surface area contributed by atoms with E-state index >= 15 is 0 Å². The van der Waals surface area contributed by atoms with Crippen molar-refractivity contribution in [2.24, 2.45) is 5.84 Å². The quantitative estimate of drug-likeness (QED) is 0.352. The van der Waals surface area contributed by atoms with Crippen molar-refractivity contribution in [3.63, 3.8) is 0 Å². The van der Waals surface area contributed by atoms with Crippen LogP contribution in [0.25, 0.3) is 0 Å². The van der Waals surface area contributed by atoms with Crippen molar-refractivity contribution in [2.45, 2.75) is 0 Å². The molecule has 8 nitrogen and oxygen atoms in total. The predicted octanol–water partition coefficient (Wildman–Crippen LogP) is 0.368. The van der Waals surface area contributed by atoms with E-state index in [0.29, 0.717) is 16.8 Å². The number of para-hydroxylation sites is 1. The first-order valence-electron chi connectivity index (χ1n) is 3.80. The largest absolute Gasteiger partial charge is 0.328 e. The van der Waals surface area contributed by atoms with Crippen LogP contribution in [-0.2, 0) is 0 Å². The average molecular weight is 221 g/mol. The zero-order valence-corrected chi connectivity index (χ0v) is 7.91. The Balaban J connectivity index is 0.000000487. The molecule has 0 spiro atoms. The molecule has 1 rings (SSSR count). The van der Waals surface area contributed by atoms with Gasteiger partial charge < -0.3 is 10.6 Å². The van der Waals surface area contributed by atoms with Gasteiger partial charge in [0.2, 0.25) is 0 Å². The molecule has 0 aromatic heterocycles. The topological polar surface area (TPSA) is 149 Å². The summed E-state index contributed by atoms with van der Waals surface area (Å²) in [5.41, 5.74) is 3.44. The second-order valence-corrected chi connectivity index (χ2v) is 2.33. The fourth-order valence-corrected chi connectivity index (χ4v) is 0.894. The van der Waals surface area contributed by atoms with Crippen LogP contribution in [0.4, 0.5) is 5.69 Å². The number of nitrogens with two attached hydrogens (primary N) is 1. The van der Waals surface area contributed by atoms with Crippen molar-refractivity contribution in [2.75, 3.05) is 5.43 Å². The van der Waals surface area contributed by atoms with E-state index in [4.69, 9.17) is 31.7 Å². The van der Waals surface area contributed by atoms with E-state index in [2.05, 4.69) is 5.43 Å². The highest BCUT2D eigenvalue weighted by atomic mass is 16.9. The summed E-state index contributed by atoms with van der Waals surface area (Å²) in [5, 5.41) is 30.9. The molecule has 8 heteroatoms. The summed E-state index contributed by atoms with van der Waals surface area (Å²) in [4.78, 5) is 8.36. The Morgan fingerprint density at radius 3 is 2.00 bits per heavy atom. The lowest BCUT2D eigenvalue weighted by Gasteiger charge is -2.03. The van der Waals surface area contributed by atoms with Gasteiger partial charge in [-0.25, -0.2) is 0 Å². The summed E-state index contributed by atoms with van der Waals surface area (Å²) in [5.74, 6) is 5.15. The summed E-state index contributed by atoms with van der Waals surface area (Å²) in [6.45, 7) is 0. The van der Waals surface area contributed by atoms with Crippen molar-refractivity contribution >= 4 is 5.69 Å². The van der Waals surface area contributed by atoms with Crippen LogP contribution in [0.15, 0.2) is 18.2 Å². The van der Waals surface area contributed by atoms with Gasteiger partial charge in [-0.05, 0) is 12.1 Å². The molecule has 0 atom stereocenters. The maximum Gasteiger partial charge on any atom is 0.291 e. The molecule has 0 radical (unpaired) electrons. The second-order valence-electron chi connectivity index (χ2n) is 2.33. The highest BCUT2D eigenvalue weighted by Crippen LogP contribution is 2.17. The normalized spacial score (nSPS) is 7.69. The molecule has 82 valence electrons. The highest BCUT2D eigenvalue weighted by molar-refractivity contribution is 5.65. The molecule has 1 aromatic carbocycles. The van der Waals surface area contributed by atoms with Gasteiger partial charge in [-0.1, -0.05) is 6.07 Å². The molecule has 0 amide bonds. The zero-order valence-electron chi connectivity index (χ0n) is 7.91. The molecule has 4 N–H and O–H groups in total. The van der Waals surface area contributed by atoms with Gasteiger partial charge in [-0.15, -0.1) is 10.1 Å². The van der Waals surface area contributed by atoms with Gasteiger partial charge in [0.05, 0.1) is 16.8 Å². The number of nitrogens with zero attached hydrogens (tertiary/aromatic N) is 3. The lowest BCUT2D eigenvalue weighted by Crippen LogP contribution is -2.09. The molecule has 0 unspecified atom stereocenters. The Bertz CT molecular complexity index is 423. The third-order valence-electron chi connectivity index (χ3n) is 1.45. The van der Waals surface area contributed by atoms with Gasteiger partial charge >= 0.3 is 0 Å². The number of nitrogen functional groups attached to an aromatic ring is 1. The Kier molecular flexibility index (Phi) is 5.42. The first kappa shape index (κ1) is 13.2. The molecule has 0 fully saturated rings. The van der Waals surface area contributed by atoms with E-state index in [1.807, 2.05) is 12.1 Å². The minimum absolute atomic E-state index is 0.372. The summed E-state index contributed by atoms with van der Waals surface area (Å²) in [6, 6.07) is 8.68. The molecule has 0 heterocycles. The van der Waals surface area contributed by atoms with Gasteiger partial charge in [0.15, 0.2) is 0 Å². The van der Waals surface area contributed by atoms with E-state index in [-0.39, 0.29) is 0 Å². The Labute approximate surface area is 90.2 Å². The Morgan fingerprint density at radius 2 is 1.75 bits per heavy atom. The minimum Gasteiger partial charge on any atom is -0.328 e. The van der Waals surface area contributed by atoms with E-state index < -0.39 is 5.09 Å². The van der Waals surface area contributed by atoms with Crippen molar-refractivity contribution in [3.05, 3.63) is 39.4 Å². The van der Waals surface area contributed by atoms with Crippen molar-refractivity contribution in [1.29, 1.82) is 10.5 Å². The fraction of sp³-hybridized carbons (Fsp3) is 0. The van der Waals surface area contributed by atoms with Crippen LogP contribution < -0.4 is 11.3 Å². The monoisotopic (exact) mass is 221 g/mol. The van der Waals surface area contributed by atoms with Crippen LogP contribution >= 0.6 is 0 Å². The average Bonchev–Trinajstić information content (AvgIpc) is 2.26. The highest BCUT2D eigenvalue weighted by Gasteiger charge is 2.04. The number of benzene rings is 1. The third-order valence-corrected chi connectivity index (χ3v) is 1.45. The van der Waals surface area contributed by atoms with Crippen LogP contribution in [0.2, 0.25) is 0 Å². The first-order valence-corrected chi connectivity index (χ1v) is 3.80. The van der Waals surface area contributed by atoms with E-state index in [0.717, 1.165) is 0 Å². The third kappa shape index (κ3) is 3.91. The van der Waals surface area contributed by atoms with Crippen LogP contribution in [0.3, 0.4) is 0 Å². The standard InChI is InChI=1S/C8H6N4.HNO3/c9-4-6-2-1-3-7(5-10)8(6)12-11;2-1(3)4/h1-3,12H,11H2;(H,2,3,4). The van der Waals surface area contributed by atoms with Crippen molar-refractivity contribution in [1.82, 2.24) is 0 Å². The summed E-state index contributed by atoms with van der Waals surface area (Å²) in [6.07, 6.45) is 0. The Hall–Kier alpha value is -2.84. The fourth-order valence-electron chi connectivity index (χ4n) is 0.894. The van der Waals surface area contributed by atoms with Crippen LogP contribution in [0.5, 0.6) is 0 Å². The van der Waals surface area contributed by atoms with E-state index in [1.165, 1.54) is 0 Å². The van der Waals surface area contributed by atoms with Gasteiger partial charge in [0, 0.05) is 0 Å². The van der Waals surface area contributed by atoms with Crippen LogP contribution in [0, 0.1) is 32.8 Å². The molecule has 0 saturated heterocycles. The maximum atomic E-state index is 8.61. The number of nitriles is 2. The molecular formula is C8H7N5O3. The smallest absolute Gasteiger partial charge is 0.291 e. The van der Waals surface area contributed by atoms with Crippen molar-refractivity contribution < 1.29 is 10.3 Å². The van der Waals surface area contributed by atoms with Gasteiger partial charge in [-0.3, -0.25) is 5.84 Å². The number of rotatable bonds is 1. The second kappa shape index (κ2) is 6.59. The van der Waals surface area contributed by atoms with E-state index in [9.17, 15) is 0 Å². The molecule has 0 aliphatic rings. The molecule has 0 saturated carbocycles. The maximum absolute atomic E-state index is 8.61. The zero-order chi connectivity index (χ0) is 12.6. The number of hydrogen-bond acceptors (Lipinski definition) is 6. The lowest BCUT2D eigenvalue weighted by molar-refractivity contribution is -0.742. The van der Waals surface area contributed by atoms with Gasteiger partial charge in [-0.2, -0.15) is 10.5 Å². The summed E-state index contributed by atoms with van der Waals surface area (Å²) < 4.78 is 0. The number of hydrogen-bond donors (Lipinski definition) is 3. The molecule has 16 heavy (non-hydrogen) atoms.